The van der Waals surface area contributed by atoms with Crippen LogP contribution in [0.3, 0.4) is 0 Å². The van der Waals surface area contributed by atoms with Crippen LogP contribution in [0.15, 0.2) is 83.9 Å². The van der Waals surface area contributed by atoms with E-state index in [9.17, 15) is 18.0 Å². The Balaban J connectivity index is 1.29. The third-order valence-electron chi connectivity index (χ3n) is 6.14. The number of hydrogen-bond donors (Lipinski definition) is 3. The number of aromatic nitrogens is 1. The Morgan fingerprint density at radius 3 is 2.63 bits per heavy atom. The van der Waals surface area contributed by atoms with Crippen LogP contribution in [0.2, 0.25) is 0 Å². The maximum absolute atomic E-state index is 13.5. The summed E-state index contributed by atoms with van der Waals surface area (Å²) >= 11 is 0. The van der Waals surface area contributed by atoms with Gasteiger partial charge in [0.25, 0.3) is 15.9 Å². The molecule has 3 aromatic carbocycles. The number of carbonyl (C=O) groups excluding carboxylic acids is 2. The first kappa shape index (κ1) is 22.7. The van der Waals surface area contributed by atoms with Gasteiger partial charge in [0.2, 0.25) is 5.91 Å². The van der Waals surface area contributed by atoms with Crippen LogP contribution in [-0.2, 0) is 27.7 Å². The molecule has 0 radical (unpaired) electrons. The molecule has 1 unspecified atom stereocenters. The van der Waals surface area contributed by atoms with Crippen molar-refractivity contribution >= 4 is 38.4 Å². The second kappa shape index (κ2) is 8.92. The number of aromatic amines is 1. The van der Waals surface area contributed by atoms with E-state index in [0.717, 1.165) is 22.0 Å². The Morgan fingerprint density at radius 2 is 1.77 bits per heavy atom. The highest BCUT2D eigenvalue weighted by atomic mass is 32.2. The van der Waals surface area contributed by atoms with E-state index in [1.54, 1.807) is 12.3 Å². The standard InChI is InChI=1S/C26H24N4O4S/c1-17-13-18-7-2-5-12-24(18)30(17)35(33,34)21-9-6-8-19(14-21)26(32)29-28-25(31)15-20-16-27-23-11-4-3-10-22(20)23/h2-12,14,16-17,27H,13,15H2,1H3,(H,28,31)(H,29,32). The molecule has 0 aliphatic carbocycles. The summed E-state index contributed by atoms with van der Waals surface area (Å²) in [5.41, 5.74) is 8.25. The minimum atomic E-state index is -3.88. The number of hydrazine groups is 1. The number of fused-ring (bicyclic) bond motifs is 2. The van der Waals surface area contributed by atoms with Gasteiger partial charge in [-0.2, -0.15) is 0 Å². The van der Waals surface area contributed by atoms with E-state index < -0.39 is 21.8 Å². The summed E-state index contributed by atoms with van der Waals surface area (Å²) in [6, 6.07) is 20.6. The highest BCUT2D eigenvalue weighted by molar-refractivity contribution is 7.92. The first-order chi connectivity index (χ1) is 16.8. The summed E-state index contributed by atoms with van der Waals surface area (Å²) in [6.45, 7) is 1.86. The fourth-order valence-corrected chi connectivity index (χ4v) is 6.25. The fourth-order valence-electron chi connectivity index (χ4n) is 4.51. The SMILES string of the molecule is CC1Cc2ccccc2N1S(=O)(=O)c1cccc(C(=O)NNC(=O)Cc2c[nH]c3ccccc23)c1. The molecule has 1 atom stereocenters. The van der Waals surface area contributed by atoms with E-state index in [-0.39, 0.29) is 22.9 Å². The molecule has 9 heteroatoms. The first-order valence-corrected chi connectivity index (χ1v) is 12.6. The Kier molecular flexibility index (Phi) is 5.78. The molecule has 5 rings (SSSR count). The fraction of sp³-hybridized carbons (Fsp3) is 0.154. The maximum atomic E-state index is 13.5. The molecular weight excluding hydrogens is 464 g/mol. The van der Waals surface area contributed by atoms with Crippen molar-refractivity contribution in [2.45, 2.75) is 30.7 Å². The lowest BCUT2D eigenvalue weighted by atomic mass is 10.1. The number of hydrogen-bond acceptors (Lipinski definition) is 4. The topological polar surface area (TPSA) is 111 Å². The van der Waals surface area contributed by atoms with Crippen LogP contribution in [-0.4, -0.2) is 31.3 Å². The van der Waals surface area contributed by atoms with Crippen LogP contribution in [0.5, 0.6) is 0 Å². The van der Waals surface area contributed by atoms with Gasteiger partial charge >= 0.3 is 0 Å². The quantitative estimate of drug-likeness (QED) is 0.374. The van der Waals surface area contributed by atoms with Crippen molar-refractivity contribution < 1.29 is 18.0 Å². The third kappa shape index (κ3) is 4.26. The number of H-pyrrole nitrogens is 1. The Morgan fingerprint density at radius 1 is 1.00 bits per heavy atom. The van der Waals surface area contributed by atoms with E-state index in [2.05, 4.69) is 15.8 Å². The molecule has 8 nitrogen and oxygen atoms in total. The molecule has 3 N–H and O–H groups in total. The van der Waals surface area contributed by atoms with Crippen LogP contribution >= 0.6 is 0 Å². The van der Waals surface area contributed by atoms with Gasteiger partial charge in [0.1, 0.15) is 0 Å². The first-order valence-electron chi connectivity index (χ1n) is 11.2. The molecule has 0 fully saturated rings. The molecule has 0 saturated carbocycles. The highest BCUT2D eigenvalue weighted by Crippen LogP contribution is 2.36. The van der Waals surface area contributed by atoms with E-state index in [1.807, 2.05) is 49.4 Å². The van der Waals surface area contributed by atoms with Crippen molar-refractivity contribution in [3.8, 4) is 0 Å². The number of sulfonamides is 1. The van der Waals surface area contributed by atoms with Crippen molar-refractivity contribution in [3.63, 3.8) is 0 Å². The third-order valence-corrected chi connectivity index (χ3v) is 8.06. The molecule has 4 aromatic rings. The Labute approximate surface area is 203 Å². The Bertz CT molecular complexity index is 1540. The Hall–Kier alpha value is -4.11. The average Bonchev–Trinajstić information content (AvgIpc) is 3.42. The number of para-hydroxylation sites is 2. The summed E-state index contributed by atoms with van der Waals surface area (Å²) in [4.78, 5) is 28.2. The van der Waals surface area contributed by atoms with Gasteiger partial charge in [-0.3, -0.25) is 24.7 Å². The molecule has 178 valence electrons. The van der Waals surface area contributed by atoms with Crippen LogP contribution in [0.4, 0.5) is 5.69 Å². The smallest absolute Gasteiger partial charge is 0.269 e. The van der Waals surface area contributed by atoms with Crippen molar-refractivity contribution in [2.24, 2.45) is 0 Å². The van der Waals surface area contributed by atoms with Crippen LogP contribution in [0, 0.1) is 0 Å². The molecule has 1 aliphatic heterocycles. The lowest BCUT2D eigenvalue weighted by molar-refractivity contribution is -0.121. The molecule has 0 spiro atoms. The van der Waals surface area contributed by atoms with E-state index in [1.165, 1.54) is 28.6 Å². The van der Waals surface area contributed by atoms with Crippen molar-refractivity contribution in [1.82, 2.24) is 15.8 Å². The number of anilines is 1. The zero-order valence-corrected chi connectivity index (χ0v) is 19.8. The van der Waals surface area contributed by atoms with Crippen molar-refractivity contribution in [2.75, 3.05) is 4.31 Å². The molecular formula is C26H24N4O4S. The number of rotatable bonds is 5. The number of nitrogens with zero attached hydrogens (tertiary/aromatic N) is 1. The van der Waals surface area contributed by atoms with Crippen LogP contribution in [0.25, 0.3) is 10.9 Å². The number of nitrogens with one attached hydrogen (secondary N) is 3. The monoisotopic (exact) mass is 488 g/mol. The van der Waals surface area contributed by atoms with E-state index in [4.69, 9.17) is 0 Å². The van der Waals surface area contributed by atoms with Gasteiger partial charge in [-0.05, 0) is 54.8 Å². The molecule has 1 aliphatic rings. The van der Waals surface area contributed by atoms with Crippen LogP contribution < -0.4 is 15.2 Å². The minimum Gasteiger partial charge on any atom is -0.361 e. The normalized spacial score (nSPS) is 15.1. The average molecular weight is 489 g/mol. The summed E-state index contributed by atoms with van der Waals surface area (Å²) in [6.07, 6.45) is 2.46. The second-order valence-corrected chi connectivity index (χ2v) is 10.4. The number of amides is 2. The van der Waals surface area contributed by atoms with Gasteiger partial charge in [0.05, 0.1) is 17.0 Å². The summed E-state index contributed by atoms with van der Waals surface area (Å²) in [5, 5.41) is 0.935. The van der Waals surface area contributed by atoms with Gasteiger partial charge in [0.15, 0.2) is 0 Å². The molecule has 0 bridgehead atoms. The zero-order valence-electron chi connectivity index (χ0n) is 19.0. The van der Waals surface area contributed by atoms with Crippen LogP contribution in [0.1, 0.15) is 28.4 Å². The maximum Gasteiger partial charge on any atom is 0.269 e. The predicted molar refractivity (Wildman–Crippen MR) is 133 cm³/mol. The van der Waals surface area contributed by atoms with Gasteiger partial charge < -0.3 is 4.98 Å². The van der Waals surface area contributed by atoms with Gasteiger partial charge in [0, 0.05) is 28.7 Å². The predicted octanol–water partition coefficient (Wildman–Crippen LogP) is 3.31. The zero-order chi connectivity index (χ0) is 24.6. The lowest BCUT2D eigenvalue weighted by Gasteiger charge is -2.24. The van der Waals surface area contributed by atoms with Crippen molar-refractivity contribution in [1.29, 1.82) is 0 Å². The molecule has 2 amide bonds. The van der Waals surface area contributed by atoms with Crippen molar-refractivity contribution in [3.05, 3.63) is 95.7 Å². The lowest BCUT2D eigenvalue weighted by Crippen LogP contribution is -2.42. The molecule has 1 aromatic heterocycles. The molecule has 0 saturated heterocycles. The largest absolute Gasteiger partial charge is 0.361 e. The van der Waals surface area contributed by atoms with Gasteiger partial charge in [-0.15, -0.1) is 0 Å². The van der Waals surface area contributed by atoms with Gasteiger partial charge in [-0.25, -0.2) is 8.42 Å². The number of carbonyl (C=O) groups is 2. The molecule has 35 heavy (non-hydrogen) atoms. The summed E-state index contributed by atoms with van der Waals surface area (Å²) < 4.78 is 28.3. The highest BCUT2D eigenvalue weighted by Gasteiger charge is 2.36. The summed E-state index contributed by atoms with van der Waals surface area (Å²) in [7, 11) is -3.88. The van der Waals surface area contributed by atoms with E-state index >= 15 is 0 Å². The summed E-state index contributed by atoms with van der Waals surface area (Å²) in [5.74, 6) is -1.00. The minimum absolute atomic E-state index is 0.0128. The molecule has 2 heterocycles. The number of benzene rings is 3. The second-order valence-electron chi connectivity index (χ2n) is 8.55. The van der Waals surface area contributed by atoms with Gasteiger partial charge in [-0.1, -0.05) is 42.5 Å². The van der Waals surface area contributed by atoms with E-state index in [0.29, 0.717) is 12.1 Å².